The van der Waals surface area contributed by atoms with Crippen LogP contribution in [0.25, 0.3) is 0 Å². The van der Waals surface area contributed by atoms with E-state index in [0.29, 0.717) is 17.7 Å². The van der Waals surface area contributed by atoms with E-state index in [2.05, 4.69) is 0 Å². The second-order valence-electron chi connectivity index (χ2n) is 4.92. The number of nitrogens with zero attached hydrogens (tertiary/aromatic N) is 1. The van der Waals surface area contributed by atoms with E-state index in [1.807, 2.05) is 4.90 Å². The maximum atomic E-state index is 10.7. The van der Waals surface area contributed by atoms with Crippen LogP contribution >= 0.6 is 0 Å². The van der Waals surface area contributed by atoms with Crippen molar-refractivity contribution in [2.75, 3.05) is 18.0 Å². The van der Waals surface area contributed by atoms with Gasteiger partial charge in [-0.2, -0.15) is 0 Å². The lowest BCUT2D eigenvalue weighted by atomic mass is 10.00. The van der Waals surface area contributed by atoms with E-state index in [-0.39, 0.29) is 11.9 Å². The lowest BCUT2D eigenvalue weighted by Crippen LogP contribution is -2.23. The van der Waals surface area contributed by atoms with Crippen molar-refractivity contribution in [2.45, 2.75) is 18.9 Å². The number of hydrogen-bond donors (Lipinski definition) is 2. The Hall–Kier alpha value is -1.49. The van der Waals surface area contributed by atoms with Crippen LogP contribution < -0.4 is 4.90 Å². The first kappa shape index (κ1) is 10.7. The van der Waals surface area contributed by atoms with Crippen LogP contribution in [0.5, 0.6) is 0 Å². The number of hydrogen-bond acceptors (Lipinski definition) is 4. The van der Waals surface area contributed by atoms with Crippen LogP contribution in [-0.4, -0.2) is 35.4 Å². The monoisotopic (exact) mass is 237 g/mol. The van der Waals surface area contributed by atoms with Crippen LogP contribution in [0.15, 0.2) is 16.5 Å². The molecular weight excluding hydrogens is 222 g/mol. The van der Waals surface area contributed by atoms with E-state index < -0.39 is 5.97 Å². The standard InChI is InChI=1S/C12H15NO4/c14-9-2-1-7-5-13(6-8(7)9)11-4-3-10(17-11)12(15)16/h3-4,7-9,14H,1-2,5-6H2,(H,15,16). The molecule has 3 unspecified atom stereocenters. The summed E-state index contributed by atoms with van der Waals surface area (Å²) < 4.78 is 5.27. The van der Waals surface area contributed by atoms with Gasteiger partial charge in [-0.25, -0.2) is 4.79 Å². The highest BCUT2D eigenvalue weighted by molar-refractivity contribution is 5.84. The summed E-state index contributed by atoms with van der Waals surface area (Å²) in [6.45, 7) is 1.62. The summed E-state index contributed by atoms with van der Waals surface area (Å²) in [5, 5.41) is 18.6. The van der Waals surface area contributed by atoms with E-state index in [1.54, 1.807) is 6.07 Å². The molecule has 5 nitrogen and oxygen atoms in total. The molecule has 1 saturated carbocycles. The van der Waals surface area contributed by atoms with Gasteiger partial charge in [-0.1, -0.05) is 0 Å². The molecule has 1 aliphatic carbocycles. The van der Waals surface area contributed by atoms with Gasteiger partial charge in [0.2, 0.25) is 5.76 Å². The molecule has 0 bridgehead atoms. The maximum Gasteiger partial charge on any atom is 0.371 e. The quantitative estimate of drug-likeness (QED) is 0.808. The summed E-state index contributed by atoms with van der Waals surface area (Å²) in [5.74, 6) is 0.356. The second kappa shape index (κ2) is 3.77. The molecule has 2 aliphatic rings. The Bertz CT molecular complexity index is 441. The Morgan fingerprint density at radius 1 is 1.35 bits per heavy atom. The third-order valence-corrected chi connectivity index (χ3v) is 3.93. The minimum atomic E-state index is -1.05. The normalized spacial score (nSPS) is 31.8. The molecule has 17 heavy (non-hydrogen) atoms. The minimum Gasteiger partial charge on any atom is -0.475 e. The van der Waals surface area contributed by atoms with Gasteiger partial charge in [0.25, 0.3) is 0 Å². The number of fused-ring (bicyclic) bond motifs is 1. The van der Waals surface area contributed by atoms with E-state index in [1.165, 1.54) is 6.07 Å². The lowest BCUT2D eigenvalue weighted by molar-refractivity contribution is 0.0663. The average Bonchev–Trinajstić information content (AvgIpc) is 2.95. The molecule has 0 radical (unpaired) electrons. The van der Waals surface area contributed by atoms with Crippen molar-refractivity contribution >= 4 is 11.9 Å². The first-order valence-electron chi connectivity index (χ1n) is 5.91. The number of rotatable bonds is 2. The van der Waals surface area contributed by atoms with Crippen molar-refractivity contribution < 1.29 is 19.4 Å². The SMILES string of the molecule is O=C(O)c1ccc(N2CC3CCC(O)C3C2)o1. The first-order valence-corrected chi connectivity index (χ1v) is 5.91. The van der Waals surface area contributed by atoms with E-state index in [4.69, 9.17) is 9.52 Å². The highest BCUT2D eigenvalue weighted by atomic mass is 16.4. The number of carboxylic acids is 1. The smallest absolute Gasteiger partial charge is 0.371 e. The number of carbonyl (C=O) groups is 1. The van der Waals surface area contributed by atoms with Crippen molar-refractivity contribution in [2.24, 2.45) is 11.8 Å². The zero-order valence-corrected chi connectivity index (χ0v) is 9.37. The Morgan fingerprint density at radius 3 is 2.82 bits per heavy atom. The zero-order chi connectivity index (χ0) is 12.0. The molecule has 2 fully saturated rings. The van der Waals surface area contributed by atoms with Gasteiger partial charge in [0, 0.05) is 25.1 Å². The fraction of sp³-hybridized carbons (Fsp3) is 0.583. The fourth-order valence-electron chi connectivity index (χ4n) is 3.03. The van der Waals surface area contributed by atoms with Gasteiger partial charge in [0.05, 0.1) is 6.10 Å². The van der Waals surface area contributed by atoms with Crippen LogP contribution in [0, 0.1) is 11.8 Å². The van der Waals surface area contributed by atoms with Crippen LogP contribution in [0.4, 0.5) is 5.88 Å². The van der Waals surface area contributed by atoms with Gasteiger partial charge in [0.15, 0.2) is 5.88 Å². The lowest BCUT2D eigenvalue weighted by Gasteiger charge is -2.17. The Balaban J connectivity index is 1.76. The van der Waals surface area contributed by atoms with Gasteiger partial charge < -0.3 is 19.5 Å². The Kier molecular flexibility index (Phi) is 2.36. The van der Waals surface area contributed by atoms with Crippen molar-refractivity contribution in [1.82, 2.24) is 0 Å². The molecule has 1 aromatic rings. The molecule has 92 valence electrons. The molecular formula is C12H15NO4. The predicted molar refractivity (Wildman–Crippen MR) is 60.1 cm³/mol. The highest BCUT2D eigenvalue weighted by Crippen LogP contribution is 2.40. The molecule has 0 spiro atoms. The molecule has 3 rings (SSSR count). The van der Waals surface area contributed by atoms with E-state index >= 15 is 0 Å². The minimum absolute atomic E-state index is 0.0300. The summed E-state index contributed by atoms with van der Waals surface area (Å²) in [6, 6.07) is 3.17. The fourth-order valence-corrected chi connectivity index (χ4v) is 3.03. The molecule has 0 amide bonds. The van der Waals surface area contributed by atoms with Crippen molar-refractivity contribution in [1.29, 1.82) is 0 Å². The van der Waals surface area contributed by atoms with Gasteiger partial charge >= 0.3 is 5.97 Å². The molecule has 1 aliphatic heterocycles. The highest BCUT2D eigenvalue weighted by Gasteiger charge is 2.42. The van der Waals surface area contributed by atoms with Crippen molar-refractivity contribution in [3.05, 3.63) is 17.9 Å². The van der Waals surface area contributed by atoms with Gasteiger partial charge in [-0.15, -0.1) is 0 Å². The van der Waals surface area contributed by atoms with Crippen molar-refractivity contribution in [3.8, 4) is 0 Å². The van der Waals surface area contributed by atoms with Crippen LogP contribution in [-0.2, 0) is 0 Å². The Morgan fingerprint density at radius 2 is 2.18 bits per heavy atom. The van der Waals surface area contributed by atoms with Crippen LogP contribution in [0.1, 0.15) is 23.4 Å². The number of aromatic carboxylic acids is 1. The topological polar surface area (TPSA) is 73.9 Å². The largest absolute Gasteiger partial charge is 0.475 e. The average molecular weight is 237 g/mol. The number of carboxylic acid groups (broad SMARTS) is 1. The first-order chi connectivity index (χ1) is 8.15. The van der Waals surface area contributed by atoms with Gasteiger partial charge in [-0.05, 0) is 24.8 Å². The number of aliphatic hydroxyl groups is 1. The third-order valence-electron chi connectivity index (χ3n) is 3.93. The molecule has 1 saturated heterocycles. The maximum absolute atomic E-state index is 10.7. The van der Waals surface area contributed by atoms with Crippen molar-refractivity contribution in [3.63, 3.8) is 0 Å². The summed E-state index contributed by atoms with van der Waals surface area (Å²) in [5.41, 5.74) is 0. The molecule has 1 aromatic heterocycles. The van der Waals surface area contributed by atoms with Gasteiger partial charge in [-0.3, -0.25) is 0 Å². The predicted octanol–water partition coefficient (Wildman–Crippen LogP) is 1.18. The van der Waals surface area contributed by atoms with Crippen LogP contribution in [0.3, 0.4) is 0 Å². The number of aliphatic hydroxyl groups excluding tert-OH is 1. The van der Waals surface area contributed by atoms with Gasteiger partial charge in [0.1, 0.15) is 0 Å². The molecule has 5 heteroatoms. The molecule has 3 atom stereocenters. The number of furan rings is 1. The summed E-state index contributed by atoms with van der Waals surface area (Å²) >= 11 is 0. The number of anilines is 1. The second-order valence-corrected chi connectivity index (χ2v) is 4.92. The van der Waals surface area contributed by atoms with E-state index in [0.717, 1.165) is 25.9 Å². The summed E-state index contributed by atoms with van der Waals surface area (Å²) in [7, 11) is 0. The summed E-state index contributed by atoms with van der Waals surface area (Å²) in [6.07, 6.45) is 1.73. The summed E-state index contributed by atoms with van der Waals surface area (Å²) in [4.78, 5) is 12.8. The molecule has 2 heterocycles. The third kappa shape index (κ3) is 1.70. The zero-order valence-electron chi connectivity index (χ0n) is 9.37. The Labute approximate surface area is 98.6 Å². The molecule has 0 aromatic carbocycles. The molecule has 2 N–H and O–H groups in total. The van der Waals surface area contributed by atoms with E-state index in [9.17, 15) is 9.90 Å². The van der Waals surface area contributed by atoms with Crippen LogP contribution in [0.2, 0.25) is 0 Å².